The molecule has 3 N–H and O–H groups in total. The minimum absolute atomic E-state index is 0.0766. The number of carbonyl (C=O) groups excluding carboxylic acids is 1. The number of nitrogens with one attached hydrogen (secondary N) is 3. The van der Waals surface area contributed by atoms with Crippen molar-refractivity contribution in [3.63, 3.8) is 0 Å². The summed E-state index contributed by atoms with van der Waals surface area (Å²) in [4.78, 5) is 26.1. The molecular weight excluding hydrogens is 487 g/mol. The third kappa shape index (κ3) is 6.20. The van der Waals surface area contributed by atoms with Gasteiger partial charge in [0.2, 0.25) is 5.88 Å². The molecule has 0 radical (unpaired) electrons. The van der Waals surface area contributed by atoms with Crippen LogP contribution in [0.4, 0.5) is 14.9 Å². The average Bonchev–Trinajstić information content (AvgIpc) is 3.62. The molecule has 2 amide bonds. The van der Waals surface area contributed by atoms with Crippen molar-refractivity contribution in [1.82, 2.24) is 25.2 Å². The van der Waals surface area contributed by atoms with Crippen molar-refractivity contribution in [2.75, 3.05) is 31.6 Å². The first-order chi connectivity index (χ1) is 18.5. The molecule has 2 heterocycles. The summed E-state index contributed by atoms with van der Waals surface area (Å²) in [5.41, 5.74) is 2.47. The maximum Gasteiger partial charge on any atom is 0.319 e. The number of ether oxygens (including phenoxy) is 2. The highest BCUT2D eigenvalue weighted by Crippen LogP contribution is 2.32. The number of likely N-dealkylation sites (N-methyl/N-ethyl adjacent to an activating group) is 1. The van der Waals surface area contributed by atoms with Crippen LogP contribution >= 0.6 is 0 Å². The van der Waals surface area contributed by atoms with Crippen LogP contribution in [-0.2, 0) is 0 Å². The highest BCUT2D eigenvalue weighted by atomic mass is 19.1. The second-order valence-corrected chi connectivity index (χ2v) is 9.14. The largest absolute Gasteiger partial charge is 0.492 e. The first-order valence-electron chi connectivity index (χ1n) is 12.9. The quantitative estimate of drug-likeness (QED) is 0.240. The highest BCUT2D eigenvalue weighted by Gasteiger charge is 2.23. The second kappa shape index (κ2) is 11.5. The molecule has 9 nitrogen and oxygen atoms in total. The number of aromatic amines is 1. The Balaban J connectivity index is 1.26. The fourth-order valence-electron chi connectivity index (χ4n) is 4.06. The summed E-state index contributed by atoms with van der Waals surface area (Å²) in [7, 11) is 0. The third-order valence-corrected chi connectivity index (χ3v) is 6.44. The molecule has 4 aromatic rings. The van der Waals surface area contributed by atoms with Gasteiger partial charge in [-0.15, -0.1) is 0 Å². The number of halogens is 1. The Hall–Kier alpha value is -4.18. The van der Waals surface area contributed by atoms with Gasteiger partial charge in [0.15, 0.2) is 0 Å². The van der Waals surface area contributed by atoms with Crippen LogP contribution in [0.5, 0.6) is 17.4 Å². The average molecular weight is 519 g/mol. The van der Waals surface area contributed by atoms with E-state index in [9.17, 15) is 9.18 Å². The smallest absolute Gasteiger partial charge is 0.319 e. The molecule has 2 aromatic carbocycles. The molecule has 0 bridgehead atoms. The van der Waals surface area contributed by atoms with Gasteiger partial charge in [0.05, 0.1) is 11.1 Å². The number of fused-ring (bicyclic) bond motifs is 1. The summed E-state index contributed by atoms with van der Waals surface area (Å²) in [6.45, 7) is 7.81. The lowest BCUT2D eigenvalue weighted by Gasteiger charge is -2.18. The Bertz CT molecular complexity index is 1400. The van der Waals surface area contributed by atoms with Gasteiger partial charge >= 0.3 is 6.03 Å². The molecular formula is C28H31FN6O3. The van der Waals surface area contributed by atoms with Crippen LogP contribution in [0.1, 0.15) is 26.7 Å². The minimum Gasteiger partial charge on any atom is -0.492 e. The molecule has 1 saturated carbocycles. The topological polar surface area (TPSA) is 104 Å². The van der Waals surface area contributed by atoms with Crippen LogP contribution in [0.25, 0.3) is 22.3 Å². The summed E-state index contributed by atoms with van der Waals surface area (Å²) < 4.78 is 26.4. The van der Waals surface area contributed by atoms with E-state index in [1.165, 1.54) is 18.5 Å². The third-order valence-electron chi connectivity index (χ3n) is 6.44. The second-order valence-electron chi connectivity index (χ2n) is 9.14. The number of aromatic nitrogens is 3. The zero-order valence-electron chi connectivity index (χ0n) is 21.5. The molecule has 0 aliphatic heterocycles. The molecule has 0 atom stereocenters. The van der Waals surface area contributed by atoms with Gasteiger partial charge in [-0.2, -0.15) is 0 Å². The number of urea groups is 1. The molecule has 10 heteroatoms. The van der Waals surface area contributed by atoms with E-state index in [1.54, 1.807) is 6.07 Å². The number of rotatable bonds is 11. The van der Waals surface area contributed by atoms with E-state index in [0.29, 0.717) is 23.5 Å². The highest BCUT2D eigenvalue weighted by molar-refractivity contribution is 5.90. The van der Waals surface area contributed by atoms with Crippen molar-refractivity contribution in [3.8, 4) is 28.6 Å². The van der Waals surface area contributed by atoms with E-state index in [0.717, 1.165) is 49.5 Å². The van der Waals surface area contributed by atoms with Crippen molar-refractivity contribution < 1.29 is 18.7 Å². The molecule has 1 fully saturated rings. The zero-order chi connectivity index (χ0) is 26.5. The van der Waals surface area contributed by atoms with Gasteiger partial charge in [-0.05, 0) is 74.0 Å². The first-order valence-corrected chi connectivity index (χ1v) is 12.9. The molecule has 5 rings (SSSR count). The molecule has 1 aliphatic rings. The maximum absolute atomic E-state index is 14.6. The summed E-state index contributed by atoms with van der Waals surface area (Å²) in [6, 6.07) is 13.8. The summed E-state index contributed by atoms with van der Waals surface area (Å²) in [6.07, 6.45) is 3.29. The minimum atomic E-state index is -0.604. The van der Waals surface area contributed by atoms with Crippen molar-refractivity contribution >= 4 is 22.8 Å². The van der Waals surface area contributed by atoms with Crippen LogP contribution in [0.2, 0.25) is 0 Å². The first kappa shape index (κ1) is 25.5. The normalized spacial score (nSPS) is 13.1. The monoisotopic (exact) mass is 518 g/mol. The van der Waals surface area contributed by atoms with E-state index in [4.69, 9.17) is 9.47 Å². The number of hydrogen-bond acceptors (Lipinski definition) is 6. The van der Waals surface area contributed by atoms with Gasteiger partial charge in [0.1, 0.15) is 35.9 Å². The SMILES string of the molecule is CCN(CC)CCOc1ccc(-c2cc3c(Oc4ccc(NC(=O)NC5CC5)c(F)c4)ncnc3[nH]2)cc1. The van der Waals surface area contributed by atoms with Crippen LogP contribution < -0.4 is 20.1 Å². The van der Waals surface area contributed by atoms with Crippen LogP contribution in [0, 0.1) is 5.82 Å². The van der Waals surface area contributed by atoms with Crippen LogP contribution in [0.3, 0.4) is 0 Å². The predicted octanol–water partition coefficient (Wildman–Crippen LogP) is 5.56. The van der Waals surface area contributed by atoms with Gasteiger partial charge in [-0.1, -0.05) is 13.8 Å². The van der Waals surface area contributed by atoms with E-state index in [-0.39, 0.29) is 17.5 Å². The lowest BCUT2D eigenvalue weighted by Crippen LogP contribution is -2.30. The molecule has 0 spiro atoms. The Morgan fingerprint density at radius 2 is 1.84 bits per heavy atom. The summed E-state index contributed by atoms with van der Waals surface area (Å²) in [5, 5.41) is 5.95. The Morgan fingerprint density at radius 1 is 1.08 bits per heavy atom. The maximum atomic E-state index is 14.6. The number of H-pyrrole nitrogens is 1. The number of benzene rings is 2. The van der Waals surface area contributed by atoms with Crippen LogP contribution in [-0.4, -0.2) is 58.2 Å². The van der Waals surface area contributed by atoms with Gasteiger partial charge < -0.3 is 30.0 Å². The fourth-order valence-corrected chi connectivity index (χ4v) is 4.06. The molecule has 0 unspecified atom stereocenters. The van der Waals surface area contributed by atoms with Gasteiger partial charge in [-0.3, -0.25) is 0 Å². The summed E-state index contributed by atoms with van der Waals surface area (Å²) in [5.74, 6) is 0.754. The van der Waals surface area contributed by atoms with Crippen molar-refractivity contribution in [1.29, 1.82) is 0 Å². The molecule has 1 aliphatic carbocycles. The van der Waals surface area contributed by atoms with E-state index in [1.807, 2.05) is 30.3 Å². The molecule has 2 aromatic heterocycles. The van der Waals surface area contributed by atoms with Crippen molar-refractivity contribution in [3.05, 3.63) is 60.7 Å². The number of nitrogens with zero attached hydrogens (tertiary/aromatic N) is 3. The Morgan fingerprint density at radius 3 is 2.55 bits per heavy atom. The predicted molar refractivity (Wildman–Crippen MR) is 144 cm³/mol. The Labute approximate surface area is 220 Å². The number of carbonyl (C=O) groups is 1. The van der Waals surface area contributed by atoms with Crippen molar-refractivity contribution in [2.24, 2.45) is 0 Å². The number of anilines is 1. The lowest BCUT2D eigenvalue weighted by molar-refractivity contribution is 0.223. The Kier molecular flexibility index (Phi) is 7.69. The molecule has 38 heavy (non-hydrogen) atoms. The van der Waals surface area contributed by atoms with Gasteiger partial charge in [-0.25, -0.2) is 19.2 Å². The molecule has 198 valence electrons. The lowest BCUT2D eigenvalue weighted by atomic mass is 10.1. The van der Waals surface area contributed by atoms with Crippen LogP contribution in [0.15, 0.2) is 54.9 Å². The number of amides is 2. The van der Waals surface area contributed by atoms with E-state index in [2.05, 4.69) is 44.3 Å². The van der Waals surface area contributed by atoms with E-state index >= 15 is 0 Å². The van der Waals surface area contributed by atoms with Gasteiger partial charge in [0, 0.05) is 24.3 Å². The number of hydrogen-bond donors (Lipinski definition) is 3. The fraction of sp³-hybridized carbons (Fsp3) is 0.321. The van der Waals surface area contributed by atoms with Crippen molar-refractivity contribution in [2.45, 2.75) is 32.7 Å². The van der Waals surface area contributed by atoms with Gasteiger partial charge in [0.25, 0.3) is 0 Å². The summed E-state index contributed by atoms with van der Waals surface area (Å²) >= 11 is 0. The molecule has 0 saturated heterocycles. The zero-order valence-corrected chi connectivity index (χ0v) is 21.5. The standard InChI is InChI=1S/C28H31FN6O3/c1-3-35(4-2)13-14-37-20-9-5-18(6-10-20)25-16-22-26(33-25)30-17-31-27(22)38-21-11-12-24(23(29)15-21)34-28(36)32-19-7-8-19/h5-6,9-12,15-17,19H,3-4,7-8,13-14H2,1-2H3,(H,30,31,33)(H2,32,34,36). The van der Waals surface area contributed by atoms with E-state index < -0.39 is 11.8 Å².